The van der Waals surface area contributed by atoms with E-state index >= 15 is 0 Å². The highest BCUT2D eigenvalue weighted by Crippen LogP contribution is 2.44. The molecule has 2 heterocycles. The highest BCUT2D eigenvalue weighted by Gasteiger charge is 2.51. The molecule has 2 aliphatic heterocycles. The van der Waals surface area contributed by atoms with Crippen molar-refractivity contribution in [3.63, 3.8) is 0 Å². The van der Waals surface area contributed by atoms with Crippen LogP contribution in [0.5, 0.6) is 0 Å². The molecule has 1 atom stereocenters. The zero-order valence-corrected chi connectivity index (χ0v) is 19.3. The van der Waals surface area contributed by atoms with Crippen molar-refractivity contribution in [1.29, 1.82) is 0 Å². The lowest BCUT2D eigenvalue weighted by Gasteiger charge is -2.36. The van der Waals surface area contributed by atoms with Crippen molar-refractivity contribution in [2.75, 3.05) is 37.6 Å². The molecule has 33 heavy (non-hydrogen) atoms. The minimum Gasteiger partial charge on any atom is -0.461 e. The number of nitrogens with zero attached hydrogens (tertiary/aromatic N) is 2. The van der Waals surface area contributed by atoms with Gasteiger partial charge in [-0.3, -0.25) is 9.69 Å². The van der Waals surface area contributed by atoms with Gasteiger partial charge in [-0.05, 0) is 36.6 Å². The fourth-order valence-corrected chi connectivity index (χ4v) is 5.27. The number of carbonyl (C=O) groups excluding carboxylic acids is 1. The molecule has 4 heteroatoms. The van der Waals surface area contributed by atoms with Crippen LogP contribution >= 0.6 is 0 Å². The molecule has 5 rings (SSSR count). The van der Waals surface area contributed by atoms with E-state index in [1.807, 2.05) is 36.4 Å². The minimum absolute atomic E-state index is 0.0620. The molecule has 0 spiro atoms. The first-order valence-electron chi connectivity index (χ1n) is 12.0. The second-order valence-electron chi connectivity index (χ2n) is 9.32. The van der Waals surface area contributed by atoms with E-state index in [4.69, 9.17) is 4.74 Å². The van der Waals surface area contributed by atoms with Crippen LogP contribution in [0.25, 0.3) is 0 Å². The SMILES string of the molecule is Cc1ccc(N2CCN(CCC3CC(c4ccccc4)(c4ccccc4)C(=O)O3)CC2)cc1. The molecular weight excluding hydrogens is 408 g/mol. The van der Waals surface area contributed by atoms with Gasteiger partial charge in [-0.15, -0.1) is 0 Å². The number of carbonyl (C=O) groups is 1. The highest BCUT2D eigenvalue weighted by atomic mass is 16.6. The normalized spacial score (nSPS) is 20.6. The molecule has 0 N–H and O–H groups in total. The van der Waals surface area contributed by atoms with Crippen LogP contribution in [0.3, 0.4) is 0 Å². The third kappa shape index (κ3) is 4.40. The van der Waals surface area contributed by atoms with Crippen LogP contribution in [0.2, 0.25) is 0 Å². The molecular formula is C29H32N2O2. The topological polar surface area (TPSA) is 32.8 Å². The van der Waals surface area contributed by atoms with E-state index in [0.29, 0.717) is 6.42 Å². The first kappa shape index (κ1) is 21.7. The van der Waals surface area contributed by atoms with Crippen LogP contribution in [-0.4, -0.2) is 49.7 Å². The quantitative estimate of drug-likeness (QED) is 0.515. The van der Waals surface area contributed by atoms with Gasteiger partial charge in [-0.2, -0.15) is 0 Å². The Morgan fingerprint density at radius 3 is 1.97 bits per heavy atom. The average molecular weight is 441 g/mol. The molecule has 3 aromatic carbocycles. The Balaban J connectivity index is 1.23. The van der Waals surface area contributed by atoms with Crippen LogP contribution in [0, 0.1) is 6.92 Å². The Morgan fingerprint density at radius 2 is 1.39 bits per heavy atom. The van der Waals surface area contributed by atoms with Crippen molar-refractivity contribution in [2.45, 2.75) is 31.3 Å². The zero-order chi connectivity index (χ0) is 22.7. The Hall–Kier alpha value is -3.11. The van der Waals surface area contributed by atoms with Gasteiger partial charge in [0.25, 0.3) is 0 Å². The molecule has 0 saturated carbocycles. The first-order chi connectivity index (χ1) is 16.1. The van der Waals surface area contributed by atoms with Crippen molar-refractivity contribution in [2.24, 2.45) is 0 Å². The Kier molecular flexibility index (Phi) is 6.19. The summed E-state index contributed by atoms with van der Waals surface area (Å²) >= 11 is 0. The maximum atomic E-state index is 13.3. The standard InChI is InChI=1S/C29H32N2O2/c1-23-12-14-26(15-13-23)31-20-18-30(19-21-31)17-16-27-22-29(28(32)33-27,24-8-4-2-5-9-24)25-10-6-3-7-11-25/h2-15,27H,16-22H2,1H3. The molecule has 0 bridgehead atoms. The van der Waals surface area contributed by atoms with Crippen LogP contribution in [0.15, 0.2) is 84.9 Å². The highest BCUT2D eigenvalue weighted by molar-refractivity contribution is 5.89. The van der Waals surface area contributed by atoms with Crippen molar-refractivity contribution in [3.05, 3.63) is 102 Å². The van der Waals surface area contributed by atoms with E-state index < -0.39 is 5.41 Å². The summed E-state index contributed by atoms with van der Waals surface area (Å²) in [5.41, 5.74) is 3.94. The summed E-state index contributed by atoms with van der Waals surface area (Å²) in [6.45, 7) is 7.23. The molecule has 0 aliphatic carbocycles. The first-order valence-corrected chi connectivity index (χ1v) is 12.0. The Labute approximate surface area is 196 Å². The molecule has 1 unspecified atom stereocenters. The van der Waals surface area contributed by atoms with Crippen molar-refractivity contribution in [1.82, 2.24) is 4.90 Å². The zero-order valence-electron chi connectivity index (χ0n) is 19.3. The number of hydrogen-bond donors (Lipinski definition) is 0. The summed E-state index contributed by atoms with van der Waals surface area (Å²) in [5.74, 6) is -0.117. The van der Waals surface area contributed by atoms with Crippen LogP contribution in [0.4, 0.5) is 5.69 Å². The summed E-state index contributed by atoms with van der Waals surface area (Å²) in [6.07, 6.45) is 1.51. The number of anilines is 1. The summed E-state index contributed by atoms with van der Waals surface area (Å²) in [5, 5.41) is 0. The smallest absolute Gasteiger partial charge is 0.321 e. The second-order valence-corrected chi connectivity index (χ2v) is 9.32. The predicted molar refractivity (Wildman–Crippen MR) is 133 cm³/mol. The number of ether oxygens (including phenoxy) is 1. The number of esters is 1. The molecule has 4 nitrogen and oxygen atoms in total. The molecule has 2 fully saturated rings. The lowest BCUT2D eigenvalue weighted by molar-refractivity contribution is -0.144. The molecule has 0 radical (unpaired) electrons. The monoisotopic (exact) mass is 440 g/mol. The Bertz CT molecular complexity index is 1020. The number of aryl methyl sites for hydroxylation is 1. The van der Waals surface area contributed by atoms with Crippen molar-refractivity contribution >= 4 is 11.7 Å². The molecule has 170 valence electrons. The number of rotatable bonds is 6. The van der Waals surface area contributed by atoms with Gasteiger partial charge in [0.05, 0.1) is 0 Å². The van der Waals surface area contributed by atoms with E-state index in [2.05, 4.69) is 65.3 Å². The van der Waals surface area contributed by atoms with Gasteiger partial charge in [0.2, 0.25) is 0 Å². The van der Waals surface area contributed by atoms with Crippen LogP contribution in [0.1, 0.15) is 29.5 Å². The van der Waals surface area contributed by atoms with Crippen LogP contribution < -0.4 is 4.90 Å². The maximum absolute atomic E-state index is 13.3. The van der Waals surface area contributed by atoms with Crippen molar-refractivity contribution in [3.8, 4) is 0 Å². The molecule has 0 aromatic heterocycles. The maximum Gasteiger partial charge on any atom is 0.321 e. The van der Waals surface area contributed by atoms with E-state index in [-0.39, 0.29) is 12.1 Å². The van der Waals surface area contributed by atoms with E-state index in [9.17, 15) is 4.79 Å². The van der Waals surface area contributed by atoms with Gasteiger partial charge >= 0.3 is 5.97 Å². The molecule has 3 aromatic rings. The van der Waals surface area contributed by atoms with Gasteiger partial charge in [-0.1, -0.05) is 78.4 Å². The molecule has 2 saturated heterocycles. The van der Waals surface area contributed by atoms with E-state index in [1.165, 1.54) is 11.3 Å². The summed E-state index contributed by atoms with van der Waals surface area (Å²) in [6, 6.07) is 29.1. The number of cyclic esters (lactones) is 1. The summed E-state index contributed by atoms with van der Waals surface area (Å²) in [7, 11) is 0. The van der Waals surface area contributed by atoms with E-state index in [1.54, 1.807) is 0 Å². The summed E-state index contributed by atoms with van der Waals surface area (Å²) < 4.78 is 6.00. The molecule has 0 amide bonds. The van der Waals surface area contributed by atoms with Crippen LogP contribution in [-0.2, 0) is 14.9 Å². The second kappa shape index (κ2) is 9.40. The fraction of sp³-hybridized carbons (Fsp3) is 0.345. The largest absolute Gasteiger partial charge is 0.461 e. The van der Waals surface area contributed by atoms with Crippen molar-refractivity contribution < 1.29 is 9.53 Å². The van der Waals surface area contributed by atoms with Gasteiger partial charge in [0.15, 0.2) is 0 Å². The lowest BCUT2D eigenvalue weighted by atomic mass is 9.72. The third-order valence-corrected chi connectivity index (χ3v) is 7.23. The number of benzene rings is 3. The Morgan fingerprint density at radius 1 is 0.818 bits per heavy atom. The third-order valence-electron chi connectivity index (χ3n) is 7.23. The van der Waals surface area contributed by atoms with Gasteiger partial charge in [0, 0.05) is 44.8 Å². The fourth-order valence-electron chi connectivity index (χ4n) is 5.27. The number of piperazine rings is 1. The summed E-state index contributed by atoms with van der Waals surface area (Å²) in [4.78, 5) is 18.3. The average Bonchev–Trinajstić information content (AvgIpc) is 3.22. The van der Waals surface area contributed by atoms with E-state index in [0.717, 1.165) is 50.3 Å². The minimum atomic E-state index is -0.711. The predicted octanol–water partition coefficient (Wildman–Crippen LogP) is 4.81. The van der Waals surface area contributed by atoms with Gasteiger partial charge in [-0.25, -0.2) is 0 Å². The number of hydrogen-bond acceptors (Lipinski definition) is 4. The van der Waals surface area contributed by atoms with Gasteiger partial charge in [0.1, 0.15) is 11.5 Å². The lowest BCUT2D eigenvalue weighted by Crippen LogP contribution is -2.47. The van der Waals surface area contributed by atoms with Gasteiger partial charge < -0.3 is 9.64 Å². The molecule has 2 aliphatic rings.